The van der Waals surface area contributed by atoms with Gasteiger partial charge in [0.05, 0.1) is 0 Å². The van der Waals surface area contributed by atoms with Crippen molar-refractivity contribution in [3.63, 3.8) is 0 Å². The van der Waals surface area contributed by atoms with E-state index in [1.807, 2.05) is 6.07 Å². The topological polar surface area (TPSA) is 39.2 Å². The molecule has 1 saturated carbocycles. The summed E-state index contributed by atoms with van der Waals surface area (Å²) >= 11 is 0. The zero-order valence-corrected chi connectivity index (χ0v) is 9.66. The number of hydrogen-bond donors (Lipinski definition) is 1. The maximum atomic E-state index is 13.0. The minimum Gasteiger partial charge on any atom is -0.461 e. The number of nitrogens with two attached hydrogens (primary N) is 1. The van der Waals surface area contributed by atoms with E-state index in [9.17, 15) is 4.39 Å². The molecule has 0 amide bonds. The van der Waals surface area contributed by atoms with Crippen LogP contribution in [0.4, 0.5) is 4.39 Å². The van der Waals surface area contributed by atoms with Gasteiger partial charge in [-0.2, -0.15) is 0 Å². The molecule has 0 spiro atoms. The lowest BCUT2D eigenvalue weighted by Gasteiger charge is -2.07. The number of furan rings is 1. The van der Waals surface area contributed by atoms with Crippen LogP contribution in [0, 0.1) is 11.7 Å². The molecule has 0 bridgehead atoms. The average Bonchev–Trinajstić information content (AvgIpc) is 3.07. The van der Waals surface area contributed by atoms with Crippen molar-refractivity contribution in [1.82, 2.24) is 0 Å². The first-order valence-electron chi connectivity index (χ1n) is 6.16. The molecule has 3 rings (SSSR count). The van der Waals surface area contributed by atoms with E-state index >= 15 is 0 Å². The van der Waals surface area contributed by atoms with Gasteiger partial charge < -0.3 is 10.2 Å². The van der Waals surface area contributed by atoms with Crippen LogP contribution in [0.3, 0.4) is 0 Å². The van der Waals surface area contributed by atoms with Crippen molar-refractivity contribution in [2.75, 3.05) is 0 Å². The number of aryl methyl sites for hydroxylation is 1. The number of halogens is 1. The van der Waals surface area contributed by atoms with Gasteiger partial charge in [0, 0.05) is 17.8 Å². The van der Waals surface area contributed by atoms with Gasteiger partial charge in [0.2, 0.25) is 0 Å². The fourth-order valence-corrected chi connectivity index (χ4v) is 2.26. The molecule has 1 unspecified atom stereocenters. The summed E-state index contributed by atoms with van der Waals surface area (Å²) in [5.41, 5.74) is 6.79. The molecule has 1 heterocycles. The monoisotopic (exact) mass is 233 g/mol. The van der Waals surface area contributed by atoms with Gasteiger partial charge in [-0.25, -0.2) is 4.39 Å². The first kappa shape index (κ1) is 10.8. The van der Waals surface area contributed by atoms with Crippen LogP contribution in [-0.4, -0.2) is 6.04 Å². The molecule has 2 nitrogen and oxygen atoms in total. The van der Waals surface area contributed by atoms with E-state index in [2.05, 4.69) is 0 Å². The maximum absolute atomic E-state index is 13.0. The van der Waals surface area contributed by atoms with Crippen LogP contribution in [0.2, 0.25) is 0 Å². The number of fused-ring (bicyclic) bond motifs is 1. The van der Waals surface area contributed by atoms with Gasteiger partial charge in [0.25, 0.3) is 0 Å². The second-order valence-electron chi connectivity index (χ2n) is 4.93. The van der Waals surface area contributed by atoms with E-state index in [0.717, 1.165) is 35.5 Å². The highest BCUT2D eigenvalue weighted by Gasteiger charge is 2.28. The molecule has 1 aromatic carbocycles. The lowest BCUT2D eigenvalue weighted by atomic mass is 10.1. The van der Waals surface area contributed by atoms with Crippen molar-refractivity contribution >= 4 is 11.0 Å². The number of benzene rings is 1. The fraction of sp³-hybridized carbons (Fsp3) is 0.429. The highest BCUT2D eigenvalue weighted by Crippen LogP contribution is 2.33. The van der Waals surface area contributed by atoms with Crippen molar-refractivity contribution in [3.8, 4) is 0 Å². The Kier molecular flexibility index (Phi) is 2.63. The predicted octanol–water partition coefficient (Wildman–Crippen LogP) is 3.24. The second-order valence-corrected chi connectivity index (χ2v) is 4.93. The van der Waals surface area contributed by atoms with E-state index in [4.69, 9.17) is 10.2 Å². The Labute approximate surface area is 99.6 Å². The van der Waals surface area contributed by atoms with Crippen molar-refractivity contribution in [3.05, 3.63) is 35.8 Å². The van der Waals surface area contributed by atoms with Gasteiger partial charge in [-0.3, -0.25) is 0 Å². The van der Waals surface area contributed by atoms with Crippen LogP contribution < -0.4 is 5.73 Å². The van der Waals surface area contributed by atoms with E-state index < -0.39 is 0 Å². The van der Waals surface area contributed by atoms with Gasteiger partial charge in [-0.05, 0) is 49.4 Å². The molecule has 2 N–H and O–H groups in total. The van der Waals surface area contributed by atoms with E-state index in [-0.39, 0.29) is 5.82 Å². The van der Waals surface area contributed by atoms with E-state index in [0.29, 0.717) is 6.04 Å². The van der Waals surface area contributed by atoms with Crippen molar-refractivity contribution in [2.24, 2.45) is 11.7 Å². The quantitative estimate of drug-likeness (QED) is 0.880. The summed E-state index contributed by atoms with van der Waals surface area (Å²) < 4.78 is 18.7. The van der Waals surface area contributed by atoms with Crippen LogP contribution in [0.1, 0.15) is 25.0 Å². The predicted molar refractivity (Wildman–Crippen MR) is 65.2 cm³/mol. The first-order chi connectivity index (χ1) is 8.22. The summed E-state index contributed by atoms with van der Waals surface area (Å²) in [6.45, 7) is 0. The molecule has 0 aliphatic heterocycles. The van der Waals surface area contributed by atoms with Crippen LogP contribution in [0.25, 0.3) is 11.0 Å². The molecule has 0 saturated heterocycles. The zero-order valence-electron chi connectivity index (χ0n) is 9.66. The minimum absolute atomic E-state index is 0.223. The molecule has 1 aliphatic carbocycles. The van der Waals surface area contributed by atoms with Gasteiger partial charge >= 0.3 is 0 Å². The van der Waals surface area contributed by atoms with Crippen molar-refractivity contribution in [1.29, 1.82) is 0 Å². The van der Waals surface area contributed by atoms with Crippen molar-refractivity contribution in [2.45, 2.75) is 31.7 Å². The summed E-state index contributed by atoms with van der Waals surface area (Å²) in [6.07, 6.45) is 4.33. The Bertz CT molecular complexity index is 530. The summed E-state index contributed by atoms with van der Waals surface area (Å²) in [4.78, 5) is 0. The molecular weight excluding hydrogens is 217 g/mol. The first-order valence-corrected chi connectivity index (χ1v) is 6.16. The third-order valence-corrected chi connectivity index (χ3v) is 3.48. The zero-order chi connectivity index (χ0) is 11.8. The Balaban J connectivity index is 1.72. The lowest BCUT2D eigenvalue weighted by molar-refractivity contribution is 0.491. The average molecular weight is 233 g/mol. The third-order valence-electron chi connectivity index (χ3n) is 3.48. The van der Waals surface area contributed by atoms with Gasteiger partial charge in [-0.15, -0.1) is 0 Å². The Morgan fingerprint density at radius 1 is 1.35 bits per heavy atom. The molecule has 0 radical (unpaired) electrons. The highest BCUT2D eigenvalue weighted by atomic mass is 19.1. The second kappa shape index (κ2) is 4.15. The number of rotatable bonds is 4. The Hall–Kier alpha value is -1.35. The molecule has 2 aromatic rings. The maximum Gasteiger partial charge on any atom is 0.134 e. The van der Waals surface area contributed by atoms with Crippen molar-refractivity contribution < 1.29 is 8.81 Å². The molecule has 1 fully saturated rings. The molecule has 3 heteroatoms. The molecule has 17 heavy (non-hydrogen) atoms. The molecular formula is C14H16FNO. The molecule has 90 valence electrons. The lowest BCUT2D eigenvalue weighted by Crippen LogP contribution is -2.22. The smallest absolute Gasteiger partial charge is 0.134 e. The van der Waals surface area contributed by atoms with E-state index in [1.165, 1.54) is 25.0 Å². The van der Waals surface area contributed by atoms with Crippen LogP contribution >= 0.6 is 0 Å². The Morgan fingerprint density at radius 2 is 2.18 bits per heavy atom. The standard InChI is InChI=1S/C14H16FNO/c15-11-3-6-14-10(7-11)8-12(17-14)4-5-13(16)9-1-2-9/h3,6-9,13H,1-2,4-5,16H2. The summed E-state index contributed by atoms with van der Waals surface area (Å²) in [7, 11) is 0. The highest BCUT2D eigenvalue weighted by molar-refractivity contribution is 5.77. The largest absolute Gasteiger partial charge is 0.461 e. The number of hydrogen-bond acceptors (Lipinski definition) is 2. The van der Waals surface area contributed by atoms with Crippen LogP contribution in [-0.2, 0) is 6.42 Å². The minimum atomic E-state index is -0.223. The summed E-state index contributed by atoms with van der Waals surface area (Å²) in [6, 6.07) is 6.81. The summed E-state index contributed by atoms with van der Waals surface area (Å²) in [5, 5.41) is 0.833. The van der Waals surface area contributed by atoms with E-state index in [1.54, 1.807) is 6.07 Å². The van der Waals surface area contributed by atoms with Crippen LogP contribution in [0.5, 0.6) is 0 Å². The SMILES string of the molecule is NC(CCc1cc2cc(F)ccc2o1)C1CC1. The third kappa shape index (κ3) is 2.34. The molecule has 1 aromatic heterocycles. The molecule has 1 aliphatic rings. The molecule has 1 atom stereocenters. The van der Waals surface area contributed by atoms with Crippen LogP contribution in [0.15, 0.2) is 28.7 Å². The Morgan fingerprint density at radius 3 is 2.94 bits per heavy atom. The van der Waals surface area contributed by atoms with Gasteiger partial charge in [0.15, 0.2) is 0 Å². The van der Waals surface area contributed by atoms with Gasteiger partial charge in [-0.1, -0.05) is 0 Å². The normalized spacial score (nSPS) is 17.5. The fourth-order valence-electron chi connectivity index (χ4n) is 2.26. The summed E-state index contributed by atoms with van der Waals surface area (Å²) in [5.74, 6) is 1.40. The van der Waals surface area contributed by atoms with Gasteiger partial charge in [0.1, 0.15) is 17.2 Å².